The molecule has 0 atom stereocenters. The first kappa shape index (κ1) is 39.1. The van der Waals surface area contributed by atoms with Crippen molar-refractivity contribution in [3.05, 3.63) is 29.8 Å². The van der Waals surface area contributed by atoms with Crippen molar-refractivity contribution in [2.75, 3.05) is 32.8 Å². The van der Waals surface area contributed by atoms with Crippen LogP contribution in [0.1, 0.15) is 154 Å². The second-order valence-corrected chi connectivity index (χ2v) is 12.2. The Bertz CT molecular complexity index is 799. The number of hydrogen-bond donors (Lipinski definition) is 1. The third kappa shape index (κ3) is 24.1. The summed E-state index contributed by atoms with van der Waals surface area (Å²) in [5.74, 6) is 0.462. The first-order valence-electron chi connectivity index (χ1n) is 17.9. The van der Waals surface area contributed by atoms with Crippen LogP contribution in [0.4, 0.5) is 0 Å². The molecule has 0 aliphatic heterocycles. The fraction of sp³-hybridized carbons (Fsp3) is 0.784. The minimum absolute atomic E-state index is 0.0598. The molecule has 0 bridgehead atoms. The molecule has 0 aliphatic rings. The summed E-state index contributed by atoms with van der Waals surface area (Å²) in [5.41, 5.74) is 1.23. The fourth-order valence-corrected chi connectivity index (χ4v) is 5.41. The van der Waals surface area contributed by atoms with Gasteiger partial charge in [0.25, 0.3) is 0 Å². The van der Waals surface area contributed by atoms with E-state index in [9.17, 15) is 14.7 Å². The maximum atomic E-state index is 12.3. The molecule has 0 heterocycles. The number of aliphatic hydroxyl groups is 1. The summed E-state index contributed by atoms with van der Waals surface area (Å²) in [5, 5.41) is 9.44. The van der Waals surface area contributed by atoms with Crippen molar-refractivity contribution in [3.63, 3.8) is 0 Å². The van der Waals surface area contributed by atoms with Gasteiger partial charge in [-0.3, -0.25) is 9.59 Å². The topological polar surface area (TPSA) is 76.1 Å². The standard InChI is InChI=1S/C37H65NO5/c1-3-5-7-8-9-10-14-21-32-42-36(40)26-18-15-20-29-38(30-31-39)28-19-13-11-12-17-27-37(41)43-35-25-22-24-34(33-35)23-16-6-4-2/h22,24-25,33,39H,3-21,23,26-32H2,1-2H3. The van der Waals surface area contributed by atoms with Crippen LogP contribution in [0.25, 0.3) is 0 Å². The fourth-order valence-electron chi connectivity index (χ4n) is 5.41. The van der Waals surface area contributed by atoms with Gasteiger partial charge in [-0.2, -0.15) is 0 Å². The number of aryl methyl sites for hydroxylation is 1. The Morgan fingerprint density at radius 1 is 0.651 bits per heavy atom. The van der Waals surface area contributed by atoms with E-state index in [1.54, 1.807) is 0 Å². The van der Waals surface area contributed by atoms with Crippen molar-refractivity contribution < 1.29 is 24.2 Å². The van der Waals surface area contributed by atoms with Crippen LogP contribution >= 0.6 is 0 Å². The molecule has 0 spiro atoms. The highest BCUT2D eigenvalue weighted by atomic mass is 16.5. The predicted octanol–water partition coefficient (Wildman–Crippen LogP) is 9.20. The average molecular weight is 604 g/mol. The number of hydrogen-bond acceptors (Lipinski definition) is 6. The summed E-state index contributed by atoms with van der Waals surface area (Å²) >= 11 is 0. The van der Waals surface area contributed by atoms with Gasteiger partial charge in [-0.15, -0.1) is 0 Å². The quantitative estimate of drug-likeness (QED) is 0.0537. The van der Waals surface area contributed by atoms with Crippen molar-refractivity contribution in [1.29, 1.82) is 0 Å². The lowest BCUT2D eigenvalue weighted by Crippen LogP contribution is -2.29. The highest BCUT2D eigenvalue weighted by Crippen LogP contribution is 2.17. The highest BCUT2D eigenvalue weighted by molar-refractivity contribution is 5.72. The van der Waals surface area contributed by atoms with E-state index in [1.165, 1.54) is 63.4 Å². The molecule has 248 valence electrons. The summed E-state index contributed by atoms with van der Waals surface area (Å²) in [6.45, 7) is 7.83. The number of nitrogens with zero attached hydrogens (tertiary/aromatic N) is 1. The Morgan fingerprint density at radius 3 is 1.88 bits per heavy atom. The van der Waals surface area contributed by atoms with E-state index in [-0.39, 0.29) is 18.5 Å². The molecule has 0 fully saturated rings. The van der Waals surface area contributed by atoms with E-state index in [0.717, 1.165) is 83.7 Å². The molecule has 1 N–H and O–H groups in total. The summed E-state index contributed by atoms with van der Waals surface area (Å²) in [6, 6.07) is 7.94. The van der Waals surface area contributed by atoms with Gasteiger partial charge >= 0.3 is 11.9 Å². The molecular weight excluding hydrogens is 538 g/mol. The minimum atomic E-state index is -0.142. The van der Waals surface area contributed by atoms with Gasteiger partial charge in [-0.1, -0.05) is 109 Å². The smallest absolute Gasteiger partial charge is 0.311 e. The molecule has 0 radical (unpaired) electrons. The van der Waals surface area contributed by atoms with Gasteiger partial charge in [0.05, 0.1) is 13.2 Å². The Balaban J connectivity index is 2.01. The van der Waals surface area contributed by atoms with Crippen LogP contribution < -0.4 is 4.74 Å². The molecule has 0 unspecified atom stereocenters. The van der Waals surface area contributed by atoms with Crippen LogP contribution in [0.2, 0.25) is 0 Å². The number of aliphatic hydroxyl groups excluding tert-OH is 1. The van der Waals surface area contributed by atoms with E-state index >= 15 is 0 Å². The Hall–Kier alpha value is -1.92. The van der Waals surface area contributed by atoms with Crippen LogP contribution in [-0.2, 0) is 20.7 Å². The second kappa shape index (κ2) is 28.8. The van der Waals surface area contributed by atoms with E-state index in [0.29, 0.717) is 31.7 Å². The summed E-state index contributed by atoms with van der Waals surface area (Å²) in [7, 11) is 0. The number of carbonyl (C=O) groups excluding carboxylic acids is 2. The molecule has 0 aromatic heterocycles. The maximum absolute atomic E-state index is 12.3. The predicted molar refractivity (Wildman–Crippen MR) is 179 cm³/mol. The first-order chi connectivity index (χ1) is 21.1. The van der Waals surface area contributed by atoms with Gasteiger partial charge in [-0.25, -0.2) is 0 Å². The maximum Gasteiger partial charge on any atom is 0.311 e. The van der Waals surface area contributed by atoms with E-state index < -0.39 is 0 Å². The minimum Gasteiger partial charge on any atom is -0.466 e. The zero-order valence-electron chi connectivity index (χ0n) is 27.9. The Labute approximate surface area is 264 Å². The zero-order valence-corrected chi connectivity index (χ0v) is 27.9. The number of unbranched alkanes of at least 4 members (excludes halogenated alkanes) is 15. The monoisotopic (exact) mass is 603 g/mol. The number of esters is 2. The number of benzene rings is 1. The normalized spacial score (nSPS) is 11.3. The summed E-state index contributed by atoms with van der Waals surface area (Å²) in [4.78, 5) is 26.6. The molecule has 6 nitrogen and oxygen atoms in total. The molecule has 1 rings (SSSR count). The SMILES string of the molecule is CCCCCCCCCCOC(=O)CCCCCN(CCO)CCCCCCCC(=O)Oc1cccc(CCCCC)c1. The molecule has 0 saturated heterocycles. The lowest BCUT2D eigenvalue weighted by atomic mass is 10.1. The number of carbonyl (C=O) groups is 2. The molecule has 0 saturated carbocycles. The third-order valence-corrected chi connectivity index (χ3v) is 8.09. The van der Waals surface area contributed by atoms with Crippen molar-refractivity contribution in [1.82, 2.24) is 4.90 Å². The van der Waals surface area contributed by atoms with E-state index in [2.05, 4.69) is 24.8 Å². The average Bonchev–Trinajstić information content (AvgIpc) is 3.00. The van der Waals surface area contributed by atoms with Crippen LogP contribution in [0, 0.1) is 0 Å². The molecule has 43 heavy (non-hydrogen) atoms. The molecule has 0 aliphatic carbocycles. The van der Waals surface area contributed by atoms with E-state index in [1.807, 2.05) is 18.2 Å². The summed E-state index contributed by atoms with van der Waals surface area (Å²) < 4.78 is 11.0. The summed E-state index contributed by atoms with van der Waals surface area (Å²) in [6.07, 6.45) is 23.7. The third-order valence-electron chi connectivity index (χ3n) is 8.09. The largest absolute Gasteiger partial charge is 0.466 e. The lowest BCUT2D eigenvalue weighted by molar-refractivity contribution is -0.144. The van der Waals surface area contributed by atoms with Crippen molar-refractivity contribution in [3.8, 4) is 5.75 Å². The van der Waals surface area contributed by atoms with Gasteiger partial charge in [0.1, 0.15) is 5.75 Å². The molecule has 1 aromatic rings. The second-order valence-electron chi connectivity index (χ2n) is 12.2. The molecular formula is C37H65NO5. The van der Waals surface area contributed by atoms with Crippen molar-refractivity contribution in [2.45, 2.75) is 155 Å². The number of ether oxygens (including phenoxy) is 2. The van der Waals surface area contributed by atoms with Crippen molar-refractivity contribution in [2.24, 2.45) is 0 Å². The molecule has 0 amide bonds. The van der Waals surface area contributed by atoms with Crippen molar-refractivity contribution >= 4 is 11.9 Å². The lowest BCUT2D eigenvalue weighted by Gasteiger charge is -2.21. The molecule has 6 heteroatoms. The van der Waals surface area contributed by atoms with Gasteiger partial charge in [0.15, 0.2) is 0 Å². The van der Waals surface area contributed by atoms with Crippen LogP contribution in [0.3, 0.4) is 0 Å². The first-order valence-corrected chi connectivity index (χ1v) is 17.9. The van der Waals surface area contributed by atoms with Crippen LogP contribution in [0.15, 0.2) is 24.3 Å². The van der Waals surface area contributed by atoms with Gasteiger partial charge in [-0.05, 0) is 75.7 Å². The highest BCUT2D eigenvalue weighted by Gasteiger charge is 2.08. The van der Waals surface area contributed by atoms with Gasteiger partial charge in [0.2, 0.25) is 0 Å². The van der Waals surface area contributed by atoms with Crippen LogP contribution in [0.5, 0.6) is 5.75 Å². The van der Waals surface area contributed by atoms with Gasteiger partial charge < -0.3 is 19.5 Å². The van der Waals surface area contributed by atoms with E-state index in [4.69, 9.17) is 9.47 Å². The number of rotatable bonds is 30. The Kier molecular flexibility index (Phi) is 26.2. The van der Waals surface area contributed by atoms with Crippen LogP contribution in [-0.4, -0.2) is 54.8 Å². The Morgan fingerprint density at radius 2 is 1.21 bits per heavy atom. The van der Waals surface area contributed by atoms with Gasteiger partial charge in [0, 0.05) is 19.4 Å². The zero-order chi connectivity index (χ0) is 31.2. The molecule has 1 aromatic carbocycles.